The number of nitrogens with one attached hydrogen (secondary N) is 1. The maximum Gasteiger partial charge on any atom is 0.252 e. The molecular weight excluding hydrogens is 472 g/mol. The van der Waals surface area contributed by atoms with Gasteiger partial charge >= 0.3 is 0 Å². The molecule has 1 aliphatic rings. The highest BCUT2D eigenvalue weighted by Crippen LogP contribution is 2.34. The summed E-state index contributed by atoms with van der Waals surface area (Å²) in [4.78, 5) is 18.6. The molecule has 2 aromatic heterocycles. The molecule has 1 aliphatic heterocycles. The van der Waals surface area contributed by atoms with Crippen molar-refractivity contribution in [3.05, 3.63) is 74.8 Å². The van der Waals surface area contributed by atoms with E-state index >= 15 is 0 Å². The third-order valence-electron chi connectivity index (χ3n) is 6.78. The van der Waals surface area contributed by atoms with Crippen molar-refractivity contribution in [2.24, 2.45) is 0 Å². The molecule has 0 radical (unpaired) electrons. The number of aryl methyl sites for hydroxylation is 2. The predicted molar refractivity (Wildman–Crippen MR) is 139 cm³/mol. The number of benzene rings is 2. The third-order valence-corrected chi connectivity index (χ3v) is 6.78. The van der Waals surface area contributed by atoms with E-state index in [1.807, 2.05) is 37.3 Å². The van der Waals surface area contributed by atoms with E-state index in [1.165, 1.54) is 0 Å². The van der Waals surface area contributed by atoms with Gasteiger partial charge in [0.2, 0.25) is 6.79 Å². The average molecular weight is 505 g/mol. The number of ether oxygens (including phenoxy) is 3. The Hall–Kier alpha value is -3.76. The van der Waals surface area contributed by atoms with Crippen LogP contribution in [-0.2, 0) is 24.4 Å². The zero-order valence-electron chi connectivity index (χ0n) is 21.7. The fourth-order valence-electron chi connectivity index (χ4n) is 4.99. The first kappa shape index (κ1) is 24.9. The van der Waals surface area contributed by atoms with Gasteiger partial charge < -0.3 is 19.2 Å². The molecule has 37 heavy (non-hydrogen) atoms. The van der Waals surface area contributed by atoms with Crippen molar-refractivity contribution in [2.45, 2.75) is 52.9 Å². The van der Waals surface area contributed by atoms with Gasteiger partial charge in [-0.15, -0.1) is 5.10 Å². The summed E-state index contributed by atoms with van der Waals surface area (Å²) in [6.07, 6.45) is 0.752. The van der Waals surface area contributed by atoms with Crippen LogP contribution in [0.5, 0.6) is 11.5 Å². The Balaban J connectivity index is 1.54. The van der Waals surface area contributed by atoms with E-state index in [9.17, 15) is 4.79 Å². The molecule has 0 aliphatic carbocycles. The van der Waals surface area contributed by atoms with E-state index in [2.05, 4.69) is 45.3 Å². The lowest BCUT2D eigenvalue weighted by Crippen LogP contribution is -2.32. The molecule has 0 saturated heterocycles. The van der Waals surface area contributed by atoms with Gasteiger partial charge in [0.25, 0.3) is 5.56 Å². The Morgan fingerprint density at radius 1 is 1.14 bits per heavy atom. The van der Waals surface area contributed by atoms with E-state index in [-0.39, 0.29) is 18.4 Å². The first-order valence-electron chi connectivity index (χ1n) is 12.5. The Morgan fingerprint density at radius 3 is 2.78 bits per heavy atom. The first-order valence-corrected chi connectivity index (χ1v) is 12.5. The van der Waals surface area contributed by atoms with Crippen molar-refractivity contribution < 1.29 is 14.2 Å². The van der Waals surface area contributed by atoms with E-state index in [1.54, 1.807) is 11.8 Å². The van der Waals surface area contributed by atoms with E-state index in [0.717, 1.165) is 51.3 Å². The number of pyridine rings is 1. The minimum Gasteiger partial charge on any atom is -0.454 e. The van der Waals surface area contributed by atoms with Crippen molar-refractivity contribution >= 4 is 10.9 Å². The lowest BCUT2D eigenvalue weighted by molar-refractivity contribution is 0.150. The summed E-state index contributed by atoms with van der Waals surface area (Å²) >= 11 is 0. The van der Waals surface area contributed by atoms with Gasteiger partial charge in [0.1, 0.15) is 0 Å². The van der Waals surface area contributed by atoms with Crippen molar-refractivity contribution in [1.29, 1.82) is 0 Å². The molecule has 0 spiro atoms. The van der Waals surface area contributed by atoms with Crippen LogP contribution in [0.1, 0.15) is 47.5 Å². The van der Waals surface area contributed by atoms with Gasteiger partial charge in [0.05, 0.1) is 19.2 Å². The zero-order chi connectivity index (χ0) is 25.9. The number of fused-ring (bicyclic) bond motifs is 2. The third kappa shape index (κ3) is 5.21. The van der Waals surface area contributed by atoms with Crippen LogP contribution >= 0.6 is 0 Å². The van der Waals surface area contributed by atoms with Crippen molar-refractivity contribution in [3.8, 4) is 11.5 Å². The van der Waals surface area contributed by atoms with Crippen LogP contribution in [0.4, 0.5) is 0 Å². The molecular formula is C27H32N6O4. The van der Waals surface area contributed by atoms with Crippen LogP contribution in [0.3, 0.4) is 0 Å². The lowest BCUT2D eigenvalue weighted by atomic mass is 10.0. The largest absolute Gasteiger partial charge is 0.454 e. The summed E-state index contributed by atoms with van der Waals surface area (Å²) < 4.78 is 18.1. The maximum absolute atomic E-state index is 13.2. The molecule has 0 fully saturated rings. The van der Waals surface area contributed by atoms with Gasteiger partial charge in [0, 0.05) is 36.7 Å². The topological polar surface area (TPSA) is 107 Å². The number of methoxy groups -OCH3 is 1. The molecule has 2 aromatic carbocycles. The molecule has 10 nitrogen and oxygen atoms in total. The highest BCUT2D eigenvalue weighted by atomic mass is 16.7. The molecule has 0 saturated carbocycles. The monoisotopic (exact) mass is 504 g/mol. The molecule has 5 rings (SSSR count). The SMILES string of the molecule is CC[C@H](c1nnnn1CCOC)N(Cc1ccc2c(c1)OCO2)Cc1cc2c(C)cc(C)cc2[nH]c1=O. The standard InChI is InChI=1S/C27H32N6O4/c1-5-23(26-29-30-31-33(26)8-9-35-4)32(14-19-6-7-24-25(12-19)37-16-36-24)15-20-13-21-18(3)10-17(2)11-22(21)28-27(20)34/h6-7,10-13,23H,5,8-9,14-16H2,1-4H3,(H,28,34)/t23-/m1/s1. The molecule has 1 atom stereocenters. The number of nitrogens with zero attached hydrogens (tertiary/aromatic N) is 5. The van der Waals surface area contributed by atoms with Gasteiger partial charge in [-0.25, -0.2) is 4.68 Å². The summed E-state index contributed by atoms with van der Waals surface area (Å²) in [6.45, 7) is 8.46. The van der Waals surface area contributed by atoms with Gasteiger partial charge in [-0.3, -0.25) is 9.69 Å². The van der Waals surface area contributed by atoms with Gasteiger partial charge in [-0.05, 0) is 71.7 Å². The highest BCUT2D eigenvalue weighted by Gasteiger charge is 2.27. The minimum atomic E-state index is -0.133. The summed E-state index contributed by atoms with van der Waals surface area (Å²) in [5, 5.41) is 13.5. The molecule has 0 unspecified atom stereocenters. The van der Waals surface area contributed by atoms with Gasteiger partial charge in [-0.1, -0.05) is 19.1 Å². The summed E-state index contributed by atoms with van der Waals surface area (Å²) in [6, 6.07) is 12.0. The van der Waals surface area contributed by atoms with Crippen LogP contribution in [-0.4, -0.2) is 50.6 Å². The van der Waals surface area contributed by atoms with E-state index in [4.69, 9.17) is 14.2 Å². The second-order valence-electron chi connectivity index (χ2n) is 9.44. The Kier molecular flexibility index (Phi) is 7.20. The summed E-state index contributed by atoms with van der Waals surface area (Å²) in [5.41, 5.74) is 4.74. The highest BCUT2D eigenvalue weighted by molar-refractivity contribution is 5.83. The van der Waals surface area contributed by atoms with Crippen LogP contribution in [0.25, 0.3) is 10.9 Å². The molecule has 3 heterocycles. The summed E-state index contributed by atoms with van der Waals surface area (Å²) in [5.74, 6) is 2.21. The molecule has 0 amide bonds. The van der Waals surface area contributed by atoms with Crippen LogP contribution in [0.2, 0.25) is 0 Å². The molecule has 0 bridgehead atoms. The predicted octanol–water partition coefficient (Wildman–Crippen LogP) is 3.66. The Morgan fingerprint density at radius 2 is 1.97 bits per heavy atom. The molecule has 4 aromatic rings. The molecule has 10 heteroatoms. The van der Waals surface area contributed by atoms with E-state index in [0.29, 0.717) is 31.8 Å². The van der Waals surface area contributed by atoms with Crippen molar-refractivity contribution in [3.63, 3.8) is 0 Å². The number of H-pyrrole nitrogens is 1. The lowest BCUT2D eigenvalue weighted by Gasteiger charge is -2.30. The van der Waals surface area contributed by atoms with Crippen LogP contribution in [0, 0.1) is 13.8 Å². The maximum atomic E-state index is 13.2. The number of tetrazole rings is 1. The second-order valence-corrected chi connectivity index (χ2v) is 9.44. The first-order chi connectivity index (χ1) is 18.0. The average Bonchev–Trinajstić information content (AvgIpc) is 3.53. The number of hydrogen-bond acceptors (Lipinski definition) is 8. The Bertz CT molecular complexity index is 1460. The fraction of sp³-hybridized carbons (Fsp3) is 0.407. The number of hydrogen-bond donors (Lipinski definition) is 1. The molecule has 194 valence electrons. The van der Waals surface area contributed by atoms with E-state index < -0.39 is 0 Å². The number of aromatic amines is 1. The fourth-order valence-corrected chi connectivity index (χ4v) is 4.99. The second kappa shape index (κ2) is 10.7. The zero-order valence-corrected chi connectivity index (χ0v) is 21.7. The smallest absolute Gasteiger partial charge is 0.252 e. The number of aromatic nitrogens is 5. The Labute approximate surface area is 215 Å². The van der Waals surface area contributed by atoms with Crippen LogP contribution < -0.4 is 15.0 Å². The van der Waals surface area contributed by atoms with Crippen LogP contribution in [0.15, 0.2) is 41.2 Å². The minimum absolute atomic E-state index is 0.0954. The molecule has 1 N–H and O–H groups in total. The normalized spacial score (nSPS) is 13.5. The van der Waals surface area contributed by atoms with Crippen molar-refractivity contribution in [1.82, 2.24) is 30.1 Å². The van der Waals surface area contributed by atoms with Crippen molar-refractivity contribution in [2.75, 3.05) is 20.5 Å². The number of rotatable bonds is 10. The quantitative estimate of drug-likeness (QED) is 0.349. The van der Waals surface area contributed by atoms with Gasteiger partial charge in [0.15, 0.2) is 17.3 Å². The van der Waals surface area contributed by atoms with Gasteiger partial charge in [-0.2, -0.15) is 0 Å². The summed E-state index contributed by atoms with van der Waals surface area (Å²) in [7, 11) is 1.66.